The van der Waals surface area contributed by atoms with Crippen LogP contribution in [-0.4, -0.2) is 0 Å². The first-order valence-corrected chi connectivity index (χ1v) is 5.61. The Balaban J connectivity index is 2.88. The van der Waals surface area contributed by atoms with E-state index in [-0.39, 0.29) is 5.82 Å². The van der Waals surface area contributed by atoms with Gasteiger partial charge in [0.1, 0.15) is 5.82 Å². The molecule has 0 spiro atoms. The van der Waals surface area contributed by atoms with Crippen molar-refractivity contribution in [3.8, 4) is 0 Å². The molecule has 1 heterocycles. The number of halogens is 3. The highest BCUT2D eigenvalue weighted by Crippen LogP contribution is 2.33. The third kappa shape index (κ3) is 1.43. The van der Waals surface area contributed by atoms with E-state index >= 15 is 0 Å². The van der Waals surface area contributed by atoms with E-state index in [0.717, 1.165) is 13.0 Å². The number of thiophene rings is 1. The van der Waals surface area contributed by atoms with Crippen LogP contribution in [0.3, 0.4) is 0 Å². The molecule has 0 unspecified atom stereocenters. The molecule has 0 atom stereocenters. The predicted octanol–water partition coefficient (Wildman–Crippen LogP) is 4.57. The molecule has 0 radical (unpaired) electrons. The molecule has 1 aromatic heterocycles. The first-order valence-electron chi connectivity index (χ1n) is 3.21. The topological polar surface area (TPSA) is 0 Å². The fourth-order valence-corrected chi connectivity index (χ4v) is 3.21. The number of hydrogen-bond acceptors (Lipinski definition) is 1. The molecule has 0 aliphatic carbocycles. The first-order chi connectivity index (χ1) is 5.66. The van der Waals surface area contributed by atoms with Crippen LogP contribution in [0.4, 0.5) is 4.39 Å². The van der Waals surface area contributed by atoms with Crippen LogP contribution in [-0.2, 0) is 0 Å². The van der Waals surface area contributed by atoms with E-state index in [1.807, 2.05) is 6.07 Å². The molecule has 1 aromatic carbocycles. The molecular weight excluding hydrogens is 307 g/mol. The lowest BCUT2D eigenvalue weighted by molar-refractivity contribution is 0.639. The molecule has 0 saturated heterocycles. The van der Waals surface area contributed by atoms with Crippen LogP contribution < -0.4 is 0 Å². The third-order valence-electron chi connectivity index (χ3n) is 1.52. The molecule has 0 aliphatic rings. The minimum Gasteiger partial charge on any atom is -0.206 e. The Bertz CT molecular complexity index is 436. The van der Waals surface area contributed by atoms with Gasteiger partial charge in [0.15, 0.2) is 0 Å². The Morgan fingerprint density at radius 3 is 2.67 bits per heavy atom. The highest BCUT2D eigenvalue weighted by atomic mass is 79.9. The van der Waals surface area contributed by atoms with E-state index in [4.69, 9.17) is 0 Å². The summed E-state index contributed by atoms with van der Waals surface area (Å²) in [5.41, 5.74) is 0. The van der Waals surface area contributed by atoms with Gasteiger partial charge in [0.25, 0.3) is 0 Å². The van der Waals surface area contributed by atoms with Crippen molar-refractivity contribution in [1.82, 2.24) is 0 Å². The van der Waals surface area contributed by atoms with E-state index in [9.17, 15) is 4.39 Å². The third-order valence-corrected chi connectivity index (χ3v) is 3.56. The second-order valence-electron chi connectivity index (χ2n) is 2.35. The molecule has 0 aliphatic heterocycles. The Hall–Kier alpha value is 0.0700. The fourth-order valence-electron chi connectivity index (χ4n) is 1.03. The Morgan fingerprint density at radius 1 is 1.17 bits per heavy atom. The van der Waals surface area contributed by atoms with Crippen LogP contribution >= 0.6 is 43.2 Å². The van der Waals surface area contributed by atoms with Crippen LogP contribution in [0.5, 0.6) is 0 Å². The van der Waals surface area contributed by atoms with E-state index in [0.29, 0.717) is 5.39 Å². The first kappa shape index (κ1) is 8.66. The van der Waals surface area contributed by atoms with Crippen molar-refractivity contribution in [2.45, 2.75) is 0 Å². The largest absolute Gasteiger partial charge is 0.206 e. The van der Waals surface area contributed by atoms with Gasteiger partial charge in [0, 0.05) is 14.6 Å². The quantitative estimate of drug-likeness (QED) is 0.669. The molecule has 0 bridgehead atoms. The van der Waals surface area contributed by atoms with Gasteiger partial charge >= 0.3 is 0 Å². The highest BCUT2D eigenvalue weighted by Gasteiger charge is 2.05. The molecule has 4 heteroatoms. The summed E-state index contributed by atoms with van der Waals surface area (Å²) in [5.74, 6) is -0.179. The molecular formula is C8H3Br2FS. The fraction of sp³-hybridized carbons (Fsp3) is 0. The zero-order chi connectivity index (χ0) is 8.72. The summed E-state index contributed by atoms with van der Waals surface area (Å²) >= 11 is 8.09. The molecule has 0 nitrogen and oxygen atoms in total. The molecule has 0 fully saturated rings. The van der Waals surface area contributed by atoms with Crippen molar-refractivity contribution in [3.63, 3.8) is 0 Å². The average Bonchev–Trinajstić information content (AvgIpc) is 2.29. The van der Waals surface area contributed by atoms with Gasteiger partial charge in [-0.2, -0.15) is 0 Å². The molecule has 0 saturated carbocycles. The minimum absolute atomic E-state index is 0.179. The SMILES string of the molecule is Fc1cc(Br)cc2sc(Br)cc12. The maximum absolute atomic E-state index is 13.2. The lowest BCUT2D eigenvalue weighted by Crippen LogP contribution is -1.73. The standard InChI is InChI=1S/C8H3Br2FS/c9-4-1-6(11)5-3-8(10)12-7(5)2-4/h1-3H. The summed E-state index contributed by atoms with van der Waals surface area (Å²) in [6, 6.07) is 5.18. The van der Waals surface area contributed by atoms with Crippen LogP contribution in [0.2, 0.25) is 0 Å². The zero-order valence-corrected chi connectivity index (χ0v) is 9.76. The van der Waals surface area contributed by atoms with Gasteiger partial charge in [-0.3, -0.25) is 0 Å². The van der Waals surface area contributed by atoms with Gasteiger partial charge in [0.2, 0.25) is 0 Å². The molecule has 0 N–H and O–H groups in total. The van der Waals surface area contributed by atoms with Crippen molar-refractivity contribution in [2.75, 3.05) is 0 Å². The molecule has 62 valence electrons. The van der Waals surface area contributed by atoms with Crippen molar-refractivity contribution in [2.24, 2.45) is 0 Å². The highest BCUT2D eigenvalue weighted by molar-refractivity contribution is 9.11. The minimum atomic E-state index is -0.179. The van der Waals surface area contributed by atoms with Gasteiger partial charge in [0.05, 0.1) is 3.79 Å². The second kappa shape index (κ2) is 3.09. The summed E-state index contributed by atoms with van der Waals surface area (Å²) in [6.45, 7) is 0. The predicted molar refractivity (Wildman–Crippen MR) is 57.2 cm³/mol. The van der Waals surface area contributed by atoms with Crippen LogP contribution in [0.1, 0.15) is 0 Å². The van der Waals surface area contributed by atoms with Crippen molar-refractivity contribution >= 4 is 53.3 Å². The molecule has 0 amide bonds. The number of benzene rings is 1. The number of rotatable bonds is 0. The molecule has 2 aromatic rings. The van der Waals surface area contributed by atoms with E-state index in [1.165, 1.54) is 17.4 Å². The normalized spacial score (nSPS) is 10.9. The van der Waals surface area contributed by atoms with Crippen molar-refractivity contribution < 1.29 is 4.39 Å². The van der Waals surface area contributed by atoms with Gasteiger partial charge in [-0.1, -0.05) is 15.9 Å². The van der Waals surface area contributed by atoms with E-state index in [1.54, 1.807) is 6.07 Å². The number of hydrogen-bond donors (Lipinski definition) is 0. The van der Waals surface area contributed by atoms with Gasteiger partial charge in [-0.15, -0.1) is 11.3 Å². The van der Waals surface area contributed by atoms with Crippen LogP contribution in [0.15, 0.2) is 26.5 Å². The van der Waals surface area contributed by atoms with Crippen LogP contribution in [0, 0.1) is 5.82 Å². The van der Waals surface area contributed by atoms with Gasteiger partial charge in [-0.25, -0.2) is 4.39 Å². The smallest absolute Gasteiger partial charge is 0.133 e. The average molecular weight is 310 g/mol. The number of fused-ring (bicyclic) bond motifs is 1. The second-order valence-corrected chi connectivity index (χ2v) is 5.73. The maximum atomic E-state index is 13.2. The van der Waals surface area contributed by atoms with Crippen LogP contribution in [0.25, 0.3) is 10.1 Å². The zero-order valence-electron chi connectivity index (χ0n) is 5.77. The summed E-state index contributed by atoms with van der Waals surface area (Å²) in [5, 5.41) is 0.676. The summed E-state index contributed by atoms with van der Waals surface area (Å²) < 4.78 is 15.9. The summed E-state index contributed by atoms with van der Waals surface area (Å²) in [4.78, 5) is 0. The van der Waals surface area contributed by atoms with Crippen molar-refractivity contribution in [1.29, 1.82) is 0 Å². The van der Waals surface area contributed by atoms with E-state index < -0.39 is 0 Å². The Kier molecular flexibility index (Phi) is 2.23. The van der Waals surface area contributed by atoms with E-state index in [2.05, 4.69) is 31.9 Å². The Labute approximate surface area is 89.7 Å². The molecule has 2 rings (SSSR count). The Morgan fingerprint density at radius 2 is 1.92 bits per heavy atom. The van der Waals surface area contributed by atoms with Gasteiger partial charge in [-0.05, 0) is 34.1 Å². The summed E-state index contributed by atoms with van der Waals surface area (Å²) in [6.07, 6.45) is 0. The van der Waals surface area contributed by atoms with Gasteiger partial charge < -0.3 is 0 Å². The monoisotopic (exact) mass is 308 g/mol. The lowest BCUT2D eigenvalue weighted by atomic mass is 10.2. The lowest BCUT2D eigenvalue weighted by Gasteiger charge is -1.92. The maximum Gasteiger partial charge on any atom is 0.133 e. The summed E-state index contributed by atoms with van der Waals surface area (Å²) in [7, 11) is 0. The van der Waals surface area contributed by atoms with Crippen molar-refractivity contribution in [3.05, 3.63) is 32.3 Å². The molecule has 12 heavy (non-hydrogen) atoms.